The van der Waals surface area contributed by atoms with E-state index in [9.17, 15) is 0 Å². The van der Waals surface area contributed by atoms with Crippen molar-refractivity contribution in [2.75, 3.05) is 6.54 Å². The number of hydrogen-bond donors (Lipinski definition) is 1. The Hall–Kier alpha value is -1.65. The molecule has 92 valence electrons. The molecule has 0 fully saturated rings. The zero-order valence-electron chi connectivity index (χ0n) is 10.3. The van der Waals surface area contributed by atoms with E-state index in [-0.39, 0.29) is 0 Å². The van der Waals surface area contributed by atoms with Gasteiger partial charge in [0.25, 0.3) is 0 Å². The van der Waals surface area contributed by atoms with Crippen molar-refractivity contribution in [3.8, 4) is 11.3 Å². The van der Waals surface area contributed by atoms with Crippen LogP contribution in [0.4, 0.5) is 0 Å². The molecule has 0 spiro atoms. The lowest BCUT2D eigenvalue weighted by molar-refractivity contribution is 0.969. The summed E-state index contributed by atoms with van der Waals surface area (Å²) in [5.74, 6) is 0. The van der Waals surface area contributed by atoms with E-state index in [4.69, 9.17) is 5.73 Å². The van der Waals surface area contributed by atoms with Gasteiger partial charge in [-0.15, -0.1) is 11.3 Å². The number of benzene rings is 1. The zero-order valence-corrected chi connectivity index (χ0v) is 11.1. The van der Waals surface area contributed by atoms with E-state index in [1.807, 2.05) is 0 Å². The van der Waals surface area contributed by atoms with Crippen LogP contribution < -0.4 is 5.73 Å². The summed E-state index contributed by atoms with van der Waals surface area (Å²) in [5.41, 5.74) is 9.01. The number of rotatable bonds is 3. The molecule has 0 aliphatic rings. The first-order chi connectivity index (χ1) is 8.76. The second-order valence-electron chi connectivity index (χ2n) is 4.39. The van der Waals surface area contributed by atoms with E-state index in [0.29, 0.717) is 6.54 Å². The molecule has 0 amide bonds. The first kappa shape index (κ1) is 11.4. The summed E-state index contributed by atoms with van der Waals surface area (Å²) in [4.78, 5) is 6.97. The quantitative estimate of drug-likeness (QED) is 0.784. The molecule has 3 nitrogen and oxygen atoms in total. The number of aryl methyl sites for hydroxylation is 1. The minimum atomic E-state index is 0.693. The van der Waals surface area contributed by atoms with Gasteiger partial charge in [-0.05, 0) is 25.5 Å². The molecule has 0 radical (unpaired) electrons. The van der Waals surface area contributed by atoms with Gasteiger partial charge in [-0.2, -0.15) is 0 Å². The number of hydrogen-bond acceptors (Lipinski definition) is 3. The van der Waals surface area contributed by atoms with Crippen molar-refractivity contribution in [3.05, 3.63) is 47.1 Å². The van der Waals surface area contributed by atoms with Gasteiger partial charge in [-0.25, -0.2) is 4.98 Å². The highest BCUT2D eigenvalue weighted by Gasteiger charge is 2.06. The summed E-state index contributed by atoms with van der Waals surface area (Å²) >= 11 is 1.71. The van der Waals surface area contributed by atoms with E-state index in [2.05, 4.69) is 53.0 Å². The van der Waals surface area contributed by atoms with Gasteiger partial charge in [0.15, 0.2) is 4.96 Å². The number of nitrogens with zero attached hydrogens (tertiary/aromatic N) is 2. The van der Waals surface area contributed by atoms with Crippen LogP contribution in [0.1, 0.15) is 10.4 Å². The molecule has 2 aromatic heterocycles. The molecule has 0 aliphatic carbocycles. The Morgan fingerprint density at radius 1 is 1.22 bits per heavy atom. The maximum absolute atomic E-state index is 5.55. The summed E-state index contributed by atoms with van der Waals surface area (Å²) < 4.78 is 2.09. The second-order valence-corrected chi connectivity index (χ2v) is 5.61. The van der Waals surface area contributed by atoms with Crippen molar-refractivity contribution in [1.29, 1.82) is 0 Å². The molecule has 0 saturated carbocycles. The van der Waals surface area contributed by atoms with Crippen LogP contribution in [0.15, 0.2) is 36.7 Å². The normalized spacial score (nSPS) is 11.2. The molecule has 3 aromatic rings. The molecule has 2 N–H and O–H groups in total. The molecular weight excluding hydrogens is 242 g/mol. The highest BCUT2D eigenvalue weighted by atomic mass is 32.1. The SMILES string of the molecule is Cc1cn2cc(-c3ccc(CCN)cc3)nc2s1. The van der Waals surface area contributed by atoms with Crippen molar-refractivity contribution in [2.24, 2.45) is 5.73 Å². The van der Waals surface area contributed by atoms with Crippen LogP contribution in [-0.2, 0) is 6.42 Å². The summed E-state index contributed by atoms with van der Waals surface area (Å²) in [6, 6.07) is 8.48. The minimum absolute atomic E-state index is 0.693. The largest absolute Gasteiger partial charge is 0.330 e. The molecule has 0 unspecified atom stereocenters. The highest BCUT2D eigenvalue weighted by Crippen LogP contribution is 2.23. The second kappa shape index (κ2) is 4.55. The van der Waals surface area contributed by atoms with E-state index < -0.39 is 0 Å². The molecule has 18 heavy (non-hydrogen) atoms. The van der Waals surface area contributed by atoms with E-state index in [0.717, 1.165) is 22.6 Å². The Morgan fingerprint density at radius 3 is 2.67 bits per heavy atom. The molecule has 0 aliphatic heterocycles. The van der Waals surface area contributed by atoms with E-state index in [1.54, 1.807) is 11.3 Å². The van der Waals surface area contributed by atoms with E-state index in [1.165, 1.54) is 10.4 Å². The lowest BCUT2D eigenvalue weighted by Gasteiger charge is -2.00. The Morgan fingerprint density at radius 2 is 2.00 bits per heavy atom. The minimum Gasteiger partial charge on any atom is -0.330 e. The Balaban J connectivity index is 1.95. The molecular formula is C14H15N3S. The van der Waals surface area contributed by atoms with Gasteiger partial charge in [0, 0.05) is 22.8 Å². The monoisotopic (exact) mass is 257 g/mol. The van der Waals surface area contributed by atoms with Crippen molar-refractivity contribution in [2.45, 2.75) is 13.3 Å². The third-order valence-electron chi connectivity index (χ3n) is 2.95. The summed E-state index contributed by atoms with van der Waals surface area (Å²) in [6.45, 7) is 2.79. The van der Waals surface area contributed by atoms with Gasteiger partial charge in [0.1, 0.15) is 0 Å². The predicted octanol–water partition coefficient (Wildman–Crippen LogP) is 2.87. The summed E-state index contributed by atoms with van der Waals surface area (Å²) in [5, 5.41) is 0. The number of fused-ring (bicyclic) bond motifs is 1. The fourth-order valence-corrected chi connectivity index (χ4v) is 2.87. The van der Waals surface area contributed by atoms with Crippen molar-refractivity contribution in [1.82, 2.24) is 9.38 Å². The zero-order chi connectivity index (χ0) is 12.5. The van der Waals surface area contributed by atoms with Gasteiger partial charge < -0.3 is 5.73 Å². The summed E-state index contributed by atoms with van der Waals surface area (Å²) in [6.07, 6.45) is 5.12. The van der Waals surface area contributed by atoms with Crippen LogP contribution in [0.2, 0.25) is 0 Å². The van der Waals surface area contributed by atoms with Gasteiger partial charge in [0.2, 0.25) is 0 Å². The van der Waals surface area contributed by atoms with Gasteiger partial charge in [0.05, 0.1) is 5.69 Å². The topological polar surface area (TPSA) is 43.3 Å². The third-order valence-corrected chi connectivity index (χ3v) is 3.87. The first-order valence-electron chi connectivity index (χ1n) is 6.01. The molecule has 3 rings (SSSR count). The highest BCUT2D eigenvalue weighted by molar-refractivity contribution is 7.17. The third kappa shape index (κ3) is 2.05. The number of nitrogens with two attached hydrogens (primary N) is 1. The lowest BCUT2D eigenvalue weighted by Crippen LogP contribution is -2.02. The van der Waals surface area contributed by atoms with Crippen LogP contribution in [0.3, 0.4) is 0 Å². The fourth-order valence-electron chi connectivity index (χ4n) is 2.06. The van der Waals surface area contributed by atoms with Crippen LogP contribution in [-0.4, -0.2) is 15.9 Å². The molecule has 0 bridgehead atoms. The number of imidazole rings is 1. The van der Waals surface area contributed by atoms with Crippen molar-refractivity contribution < 1.29 is 0 Å². The van der Waals surface area contributed by atoms with Crippen molar-refractivity contribution >= 4 is 16.3 Å². The molecule has 0 saturated heterocycles. The number of aromatic nitrogens is 2. The Labute approximate surface area is 110 Å². The molecule has 2 heterocycles. The predicted molar refractivity (Wildman–Crippen MR) is 76.0 cm³/mol. The van der Waals surface area contributed by atoms with Gasteiger partial charge >= 0.3 is 0 Å². The Kier molecular flexibility index (Phi) is 2.89. The first-order valence-corrected chi connectivity index (χ1v) is 6.82. The van der Waals surface area contributed by atoms with Crippen LogP contribution in [0.5, 0.6) is 0 Å². The van der Waals surface area contributed by atoms with Gasteiger partial charge in [-0.3, -0.25) is 4.40 Å². The van der Waals surface area contributed by atoms with E-state index >= 15 is 0 Å². The smallest absolute Gasteiger partial charge is 0.194 e. The summed E-state index contributed by atoms with van der Waals surface area (Å²) in [7, 11) is 0. The maximum atomic E-state index is 5.55. The fraction of sp³-hybridized carbons (Fsp3) is 0.214. The Bertz CT molecular complexity index is 632. The molecule has 4 heteroatoms. The number of thiazole rings is 1. The van der Waals surface area contributed by atoms with Crippen molar-refractivity contribution in [3.63, 3.8) is 0 Å². The average Bonchev–Trinajstić information content (AvgIpc) is 2.87. The van der Waals surface area contributed by atoms with Crippen LogP contribution in [0.25, 0.3) is 16.2 Å². The average molecular weight is 257 g/mol. The standard InChI is InChI=1S/C14H15N3S/c1-10-8-17-9-13(16-14(17)18-10)12-4-2-11(3-5-12)6-7-15/h2-5,8-9H,6-7,15H2,1H3. The maximum Gasteiger partial charge on any atom is 0.194 e. The van der Waals surface area contributed by atoms with Crippen LogP contribution in [0, 0.1) is 6.92 Å². The molecule has 0 atom stereocenters. The lowest BCUT2D eigenvalue weighted by atomic mass is 10.1. The van der Waals surface area contributed by atoms with Gasteiger partial charge in [-0.1, -0.05) is 24.3 Å². The van der Waals surface area contributed by atoms with Crippen LogP contribution >= 0.6 is 11.3 Å². The molecule has 1 aromatic carbocycles.